The number of hydrogen-bond acceptors (Lipinski definition) is 3. The maximum Gasteiger partial charge on any atom is 0.0412 e. The summed E-state index contributed by atoms with van der Waals surface area (Å²) in [5, 5.41) is 10.4. The Morgan fingerprint density at radius 3 is 2.88 bits per heavy atom. The highest BCUT2D eigenvalue weighted by Crippen LogP contribution is 2.12. The fraction of sp³-hybridized carbons (Fsp3) is 1.00. The molecule has 8 heavy (non-hydrogen) atoms. The maximum absolute atomic E-state index is 9.00. The van der Waals surface area contributed by atoms with Gasteiger partial charge in [0.05, 0.1) is 0 Å². The smallest absolute Gasteiger partial charge is 0.0412 e. The highest BCUT2D eigenvalue weighted by molar-refractivity contribution is 7.99. The van der Waals surface area contributed by atoms with Gasteiger partial charge in [0.25, 0.3) is 0 Å². The quantitative estimate of drug-likeness (QED) is 0.529. The summed E-state index contributed by atoms with van der Waals surface area (Å²) in [6.45, 7) is 2.86. The molecule has 0 aromatic rings. The first-order valence-electron chi connectivity index (χ1n) is 2.84. The van der Waals surface area contributed by atoms with Crippen LogP contribution in [0.5, 0.6) is 0 Å². The Morgan fingerprint density at radius 1 is 1.75 bits per heavy atom. The third kappa shape index (κ3) is 1.37. The maximum atomic E-state index is 9.00. The summed E-state index contributed by atoms with van der Waals surface area (Å²) in [6.07, 6.45) is 0. The van der Waals surface area contributed by atoms with E-state index in [9.17, 15) is 0 Å². The first kappa shape index (κ1) is 6.39. The van der Waals surface area contributed by atoms with Gasteiger partial charge >= 0.3 is 0 Å². The molecule has 0 saturated carbocycles. The Hall–Kier alpha value is 0.270. The van der Waals surface area contributed by atoms with Crippen molar-refractivity contribution in [2.45, 2.75) is 13.0 Å². The van der Waals surface area contributed by atoms with Crippen LogP contribution in [0, 0.1) is 0 Å². The van der Waals surface area contributed by atoms with Gasteiger partial charge in [-0.3, -0.25) is 0 Å². The van der Waals surface area contributed by atoms with E-state index in [-0.39, 0.29) is 0 Å². The molecule has 1 saturated heterocycles. The van der Waals surface area contributed by atoms with Crippen molar-refractivity contribution in [3.8, 4) is 0 Å². The molecule has 1 aliphatic heterocycles. The van der Waals surface area contributed by atoms with Crippen molar-refractivity contribution < 1.29 is 5.21 Å². The minimum Gasteiger partial charge on any atom is -0.314 e. The molecule has 3 heteroatoms. The van der Waals surface area contributed by atoms with E-state index in [0.717, 1.165) is 18.1 Å². The van der Waals surface area contributed by atoms with Gasteiger partial charge in [0.15, 0.2) is 0 Å². The summed E-state index contributed by atoms with van der Waals surface area (Å²) in [5.41, 5.74) is 0. The highest BCUT2D eigenvalue weighted by atomic mass is 32.2. The fourth-order valence-corrected chi connectivity index (χ4v) is 1.71. The molecule has 0 aromatic carbocycles. The lowest BCUT2D eigenvalue weighted by Gasteiger charge is -2.26. The lowest BCUT2D eigenvalue weighted by molar-refractivity contribution is -0.112. The first-order valence-corrected chi connectivity index (χ1v) is 3.99. The number of hydrogen-bond donors (Lipinski definition) is 1. The predicted molar refractivity (Wildman–Crippen MR) is 35.3 cm³/mol. The van der Waals surface area contributed by atoms with Crippen LogP contribution in [0.1, 0.15) is 6.92 Å². The Morgan fingerprint density at radius 2 is 2.50 bits per heavy atom. The third-order valence-corrected chi connectivity index (χ3v) is 2.52. The number of hydroxylamine groups is 2. The molecule has 1 atom stereocenters. The van der Waals surface area contributed by atoms with Crippen molar-refractivity contribution >= 4 is 11.8 Å². The van der Waals surface area contributed by atoms with Crippen molar-refractivity contribution in [2.75, 3.05) is 18.1 Å². The van der Waals surface area contributed by atoms with Crippen molar-refractivity contribution in [1.82, 2.24) is 5.06 Å². The Kier molecular flexibility index (Phi) is 2.16. The van der Waals surface area contributed by atoms with Crippen molar-refractivity contribution in [3.05, 3.63) is 0 Å². The van der Waals surface area contributed by atoms with Gasteiger partial charge < -0.3 is 5.21 Å². The van der Waals surface area contributed by atoms with Gasteiger partial charge in [0, 0.05) is 24.1 Å². The molecule has 1 rings (SSSR count). The monoisotopic (exact) mass is 133 g/mol. The Labute approximate surface area is 53.8 Å². The lowest BCUT2D eigenvalue weighted by atomic mass is 10.4. The van der Waals surface area contributed by atoms with E-state index in [1.54, 1.807) is 0 Å². The van der Waals surface area contributed by atoms with Gasteiger partial charge in [-0.2, -0.15) is 16.8 Å². The van der Waals surface area contributed by atoms with Crippen LogP contribution in [0.25, 0.3) is 0 Å². The van der Waals surface area contributed by atoms with Gasteiger partial charge in [0.2, 0.25) is 0 Å². The largest absolute Gasteiger partial charge is 0.314 e. The average molecular weight is 133 g/mol. The van der Waals surface area contributed by atoms with Gasteiger partial charge in [-0.1, -0.05) is 0 Å². The lowest BCUT2D eigenvalue weighted by Crippen LogP contribution is -2.37. The molecule has 0 aromatic heterocycles. The molecule has 1 heterocycles. The van der Waals surface area contributed by atoms with E-state index in [0.29, 0.717) is 6.04 Å². The summed E-state index contributed by atoms with van der Waals surface area (Å²) in [6, 6.07) is 0.355. The fourth-order valence-electron chi connectivity index (χ4n) is 0.718. The van der Waals surface area contributed by atoms with Crippen LogP contribution in [0.3, 0.4) is 0 Å². The van der Waals surface area contributed by atoms with Crippen LogP contribution < -0.4 is 0 Å². The molecule has 0 radical (unpaired) electrons. The van der Waals surface area contributed by atoms with Crippen LogP contribution in [0.15, 0.2) is 0 Å². The van der Waals surface area contributed by atoms with E-state index < -0.39 is 0 Å². The van der Waals surface area contributed by atoms with Crippen LogP contribution in [-0.2, 0) is 0 Å². The summed E-state index contributed by atoms with van der Waals surface area (Å²) >= 11 is 1.91. The molecule has 2 nitrogen and oxygen atoms in total. The first-order chi connectivity index (χ1) is 3.80. The summed E-state index contributed by atoms with van der Waals surface area (Å²) in [4.78, 5) is 0. The summed E-state index contributed by atoms with van der Waals surface area (Å²) < 4.78 is 0. The SMILES string of the molecule is CC1CSCCN1O. The van der Waals surface area contributed by atoms with E-state index in [1.807, 2.05) is 18.7 Å². The second-order valence-corrected chi connectivity index (χ2v) is 3.24. The van der Waals surface area contributed by atoms with E-state index in [2.05, 4.69) is 0 Å². The third-order valence-electron chi connectivity index (χ3n) is 1.33. The van der Waals surface area contributed by atoms with Gasteiger partial charge in [-0.15, -0.1) is 0 Å². The molecule has 48 valence electrons. The number of nitrogens with zero attached hydrogens (tertiary/aromatic N) is 1. The van der Waals surface area contributed by atoms with Gasteiger partial charge in [-0.05, 0) is 6.92 Å². The predicted octanol–water partition coefficient (Wildman–Crippen LogP) is 0.813. The second-order valence-electron chi connectivity index (χ2n) is 2.09. The molecule has 0 bridgehead atoms. The van der Waals surface area contributed by atoms with Gasteiger partial charge in [0.1, 0.15) is 0 Å². The zero-order valence-corrected chi connectivity index (χ0v) is 5.82. The molecular formula is C5H11NOS. The molecule has 1 fully saturated rings. The van der Waals surface area contributed by atoms with Crippen LogP contribution in [0.2, 0.25) is 0 Å². The summed E-state index contributed by atoms with van der Waals surface area (Å²) in [7, 11) is 0. The minimum atomic E-state index is 0.355. The van der Waals surface area contributed by atoms with Crippen molar-refractivity contribution in [3.63, 3.8) is 0 Å². The van der Waals surface area contributed by atoms with E-state index in [4.69, 9.17) is 5.21 Å². The normalized spacial score (nSPS) is 33.0. The molecule has 0 amide bonds. The van der Waals surface area contributed by atoms with E-state index >= 15 is 0 Å². The highest BCUT2D eigenvalue weighted by Gasteiger charge is 2.14. The zero-order valence-electron chi connectivity index (χ0n) is 5.00. The van der Waals surface area contributed by atoms with Gasteiger partial charge in [-0.25, -0.2) is 0 Å². The standard InChI is InChI=1S/C5H11NOS/c1-5-4-8-3-2-6(5)7/h5,7H,2-4H2,1H3. The molecule has 1 unspecified atom stereocenters. The molecular weight excluding hydrogens is 122 g/mol. The summed E-state index contributed by atoms with van der Waals surface area (Å²) in [5.74, 6) is 2.14. The average Bonchev–Trinajstić information content (AvgIpc) is 1.77. The minimum absolute atomic E-state index is 0.355. The number of thioether (sulfide) groups is 1. The zero-order chi connectivity index (χ0) is 5.98. The number of rotatable bonds is 0. The van der Waals surface area contributed by atoms with E-state index in [1.165, 1.54) is 5.06 Å². The van der Waals surface area contributed by atoms with Crippen LogP contribution in [0.4, 0.5) is 0 Å². The van der Waals surface area contributed by atoms with Crippen molar-refractivity contribution in [1.29, 1.82) is 0 Å². The Balaban J connectivity index is 2.28. The molecule has 0 aliphatic carbocycles. The topological polar surface area (TPSA) is 23.5 Å². The second kappa shape index (κ2) is 2.71. The molecule has 0 spiro atoms. The molecule has 1 N–H and O–H groups in total. The molecule has 1 aliphatic rings. The Bertz CT molecular complexity index is 68.8. The van der Waals surface area contributed by atoms with Crippen LogP contribution in [-0.4, -0.2) is 34.4 Å². The van der Waals surface area contributed by atoms with Crippen LogP contribution >= 0.6 is 11.8 Å². The van der Waals surface area contributed by atoms with Crippen molar-refractivity contribution in [2.24, 2.45) is 0 Å².